The fourth-order valence-corrected chi connectivity index (χ4v) is 2.84. The van der Waals surface area contributed by atoms with Crippen molar-refractivity contribution in [2.75, 3.05) is 12.4 Å². The van der Waals surface area contributed by atoms with E-state index in [1.807, 2.05) is 24.3 Å². The molecule has 4 nitrogen and oxygen atoms in total. The Morgan fingerprint density at radius 2 is 2.00 bits per heavy atom. The molecule has 1 aromatic carbocycles. The van der Waals surface area contributed by atoms with Gasteiger partial charge in [0.25, 0.3) is 0 Å². The van der Waals surface area contributed by atoms with Crippen LogP contribution in [0.15, 0.2) is 36.9 Å². The SMILES string of the molecule is C=CCC(Nc1ccc(OC)cc1)C(=O)NC1CCCCC1. The largest absolute Gasteiger partial charge is 0.497 e. The molecular weight excluding hydrogens is 276 g/mol. The van der Waals surface area contributed by atoms with Crippen molar-refractivity contribution in [1.29, 1.82) is 0 Å². The summed E-state index contributed by atoms with van der Waals surface area (Å²) in [4.78, 5) is 12.5. The summed E-state index contributed by atoms with van der Waals surface area (Å²) in [5.41, 5.74) is 0.909. The molecule has 0 radical (unpaired) electrons. The average molecular weight is 302 g/mol. The molecule has 1 saturated carbocycles. The minimum absolute atomic E-state index is 0.0580. The smallest absolute Gasteiger partial charge is 0.243 e. The highest BCUT2D eigenvalue weighted by atomic mass is 16.5. The third-order valence-electron chi connectivity index (χ3n) is 4.10. The summed E-state index contributed by atoms with van der Waals surface area (Å²) in [6.45, 7) is 3.76. The number of carbonyl (C=O) groups excluding carboxylic acids is 1. The first kappa shape index (κ1) is 16.4. The van der Waals surface area contributed by atoms with Gasteiger partial charge in [0.2, 0.25) is 5.91 Å². The first-order valence-corrected chi connectivity index (χ1v) is 8.05. The van der Waals surface area contributed by atoms with Crippen LogP contribution in [0.2, 0.25) is 0 Å². The average Bonchev–Trinajstić information content (AvgIpc) is 2.56. The Morgan fingerprint density at radius 3 is 2.59 bits per heavy atom. The van der Waals surface area contributed by atoms with Crippen LogP contribution in [0.25, 0.3) is 0 Å². The molecule has 1 atom stereocenters. The Morgan fingerprint density at radius 1 is 1.32 bits per heavy atom. The van der Waals surface area contributed by atoms with Crippen molar-refractivity contribution in [1.82, 2.24) is 5.32 Å². The van der Waals surface area contributed by atoms with Crippen LogP contribution in [0, 0.1) is 0 Å². The zero-order chi connectivity index (χ0) is 15.8. The Hall–Kier alpha value is -1.97. The summed E-state index contributed by atoms with van der Waals surface area (Å²) in [5, 5.41) is 6.45. The van der Waals surface area contributed by atoms with E-state index in [1.54, 1.807) is 13.2 Å². The van der Waals surface area contributed by atoms with Gasteiger partial charge >= 0.3 is 0 Å². The molecule has 0 bridgehead atoms. The monoisotopic (exact) mass is 302 g/mol. The van der Waals surface area contributed by atoms with Gasteiger partial charge in [0.05, 0.1) is 7.11 Å². The van der Waals surface area contributed by atoms with Gasteiger partial charge in [-0.3, -0.25) is 4.79 Å². The van der Waals surface area contributed by atoms with Crippen molar-refractivity contribution in [3.05, 3.63) is 36.9 Å². The van der Waals surface area contributed by atoms with Crippen LogP contribution in [0.3, 0.4) is 0 Å². The van der Waals surface area contributed by atoms with Crippen LogP contribution in [0.4, 0.5) is 5.69 Å². The van der Waals surface area contributed by atoms with Crippen molar-refractivity contribution in [3.63, 3.8) is 0 Å². The van der Waals surface area contributed by atoms with Gasteiger partial charge in [0.15, 0.2) is 0 Å². The fraction of sp³-hybridized carbons (Fsp3) is 0.500. The summed E-state index contributed by atoms with van der Waals surface area (Å²) in [5.74, 6) is 0.861. The second-order valence-corrected chi connectivity index (χ2v) is 5.79. The molecule has 2 rings (SSSR count). The van der Waals surface area contributed by atoms with Crippen LogP contribution in [-0.2, 0) is 4.79 Å². The minimum Gasteiger partial charge on any atom is -0.497 e. The van der Waals surface area contributed by atoms with Crippen LogP contribution >= 0.6 is 0 Å². The lowest BCUT2D eigenvalue weighted by molar-refractivity contribution is -0.122. The molecule has 0 aliphatic heterocycles. The first-order valence-electron chi connectivity index (χ1n) is 8.05. The van der Waals surface area contributed by atoms with Crippen LogP contribution in [0.5, 0.6) is 5.75 Å². The number of hydrogen-bond donors (Lipinski definition) is 2. The van der Waals surface area contributed by atoms with Crippen LogP contribution < -0.4 is 15.4 Å². The molecule has 1 aliphatic rings. The molecular formula is C18H26N2O2. The van der Waals surface area contributed by atoms with E-state index in [0.717, 1.165) is 24.3 Å². The maximum Gasteiger partial charge on any atom is 0.243 e. The number of carbonyl (C=O) groups is 1. The topological polar surface area (TPSA) is 50.4 Å². The fourth-order valence-electron chi connectivity index (χ4n) is 2.84. The second kappa shape index (κ2) is 8.47. The highest BCUT2D eigenvalue weighted by Crippen LogP contribution is 2.19. The quantitative estimate of drug-likeness (QED) is 0.758. The maximum absolute atomic E-state index is 12.5. The van der Waals surface area contributed by atoms with Crippen LogP contribution in [0.1, 0.15) is 38.5 Å². The van der Waals surface area contributed by atoms with Crippen molar-refractivity contribution < 1.29 is 9.53 Å². The third kappa shape index (κ3) is 4.79. The van der Waals surface area contributed by atoms with E-state index in [9.17, 15) is 4.79 Å². The van der Waals surface area contributed by atoms with Gasteiger partial charge < -0.3 is 15.4 Å². The lowest BCUT2D eigenvalue weighted by Crippen LogP contribution is -2.45. The van der Waals surface area contributed by atoms with Gasteiger partial charge in [0.1, 0.15) is 11.8 Å². The normalized spacial score (nSPS) is 16.6. The van der Waals surface area contributed by atoms with E-state index < -0.39 is 0 Å². The molecule has 0 heterocycles. The Bertz CT molecular complexity index is 478. The number of amides is 1. The number of nitrogens with one attached hydrogen (secondary N) is 2. The third-order valence-corrected chi connectivity index (χ3v) is 4.10. The summed E-state index contributed by atoms with van der Waals surface area (Å²) in [7, 11) is 1.64. The molecule has 22 heavy (non-hydrogen) atoms. The Balaban J connectivity index is 1.94. The molecule has 120 valence electrons. The summed E-state index contributed by atoms with van der Waals surface area (Å²) < 4.78 is 5.15. The highest BCUT2D eigenvalue weighted by molar-refractivity contribution is 5.85. The molecule has 1 unspecified atom stereocenters. The van der Waals surface area contributed by atoms with E-state index in [2.05, 4.69) is 17.2 Å². The molecule has 1 aliphatic carbocycles. The summed E-state index contributed by atoms with van der Waals surface area (Å²) in [6.07, 6.45) is 8.27. The van der Waals surface area contributed by atoms with Gasteiger partial charge in [0, 0.05) is 11.7 Å². The second-order valence-electron chi connectivity index (χ2n) is 5.79. The predicted octanol–water partition coefficient (Wildman–Crippen LogP) is 3.50. The number of hydrogen-bond acceptors (Lipinski definition) is 3. The van der Waals surface area contributed by atoms with Crippen molar-refractivity contribution >= 4 is 11.6 Å². The standard InChI is InChI=1S/C18H26N2O2/c1-3-7-17(18(21)20-14-8-5-4-6-9-14)19-15-10-12-16(22-2)13-11-15/h3,10-14,17,19H,1,4-9H2,2H3,(H,20,21). The number of ether oxygens (including phenoxy) is 1. The number of benzene rings is 1. The maximum atomic E-state index is 12.5. The van der Waals surface area contributed by atoms with Crippen molar-refractivity contribution in [3.8, 4) is 5.75 Å². The summed E-state index contributed by atoms with van der Waals surface area (Å²) in [6, 6.07) is 7.64. The van der Waals surface area contributed by atoms with E-state index >= 15 is 0 Å². The van der Waals surface area contributed by atoms with E-state index in [0.29, 0.717) is 12.5 Å². The molecule has 2 N–H and O–H groups in total. The molecule has 1 amide bonds. The molecule has 0 aromatic heterocycles. The minimum atomic E-state index is -0.284. The number of anilines is 1. The number of methoxy groups -OCH3 is 1. The van der Waals surface area contributed by atoms with Crippen LogP contribution in [-0.4, -0.2) is 25.1 Å². The van der Waals surface area contributed by atoms with E-state index in [-0.39, 0.29) is 11.9 Å². The number of rotatable bonds is 7. The van der Waals surface area contributed by atoms with Gasteiger partial charge in [-0.15, -0.1) is 6.58 Å². The van der Waals surface area contributed by atoms with Crippen molar-refractivity contribution in [2.24, 2.45) is 0 Å². The molecule has 1 fully saturated rings. The predicted molar refractivity (Wildman–Crippen MR) is 90.2 cm³/mol. The van der Waals surface area contributed by atoms with Crippen molar-refractivity contribution in [2.45, 2.75) is 50.6 Å². The molecule has 0 spiro atoms. The lowest BCUT2D eigenvalue weighted by atomic mass is 9.95. The van der Waals surface area contributed by atoms with Gasteiger partial charge in [-0.25, -0.2) is 0 Å². The molecule has 4 heteroatoms. The zero-order valence-corrected chi connectivity index (χ0v) is 13.3. The van der Waals surface area contributed by atoms with Gasteiger partial charge in [-0.1, -0.05) is 25.3 Å². The zero-order valence-electron chi connectivity index (χ0n) is 13.3. The Labute approximate surface area is 132 Å². The summed E-state index contributed by atoms with van der Waals surface area (Å²) >= 11 is 0. The Kier molecular flexibility index (Phi) is 6.31. The van der Waals surface area contributed by atoms with E-state index in [4.69, 9.17) is 4.74 Å². The van der Waals surface area contributed by atoms with Gasteiger partial charge in [-0.05, 0) is 43.5 Å². The van der Waals surface area contributed by atoms with Gasteiger partial charge in [-0.2, -0.15) is 0 Å². The molecule has 0 saturated heterocycles. The first-order chi connectivity index (χ1) is 10.7. The molecule has 1 aromatic rings. The van der Waals surface area contributed by atoms with E-state index in [1.165, 1.54) is 19.3 Å². The highest BCUT2D eigenvalue weighted by Gasteiger charge is 2.21. The lowest BCUT2D eigenvalue weighted by Gasteiger charge is -2.26.